The molecule has 2 saturated carbocycles. The second kappa shape index (κ2) is 3.49. The quantitative estimate of drug-likeness (QED) is 0.721. The van der Waals surface area contributed by atoms with Crippen molar-refractivity contribution in [1.29, 1.82) is 0 Å². The predicted molar refractivity (Wildman–Crippen MR) is 58.1 cm³/mol. The van der Waals surface area contributed by atoms with Crippen molar-refractivity contribution in [2.24, 2.45) is 11.3 Å². The molecule has 2 heteroatoms. The zero-order chi connectivity index (χ0) is 10.3. The molecule has 0 bridgehead atoms. The first-order valence-corrected chi connectivity index (χ1v) is 5.99. The molecule has 2 aliphatic carbocycles. The number of rotatable bonds is 4. The number of hydrogen-bond donors (Lipinski definition) is 2. The average Bonchev–Trinajstić information content (AvgIpc) is 2.84. The van der Waals surface area contributed by atoms with Crippen LogP contribution in [0.25, 0.3) is 0 Å². The highest BCUT2D eigenvalue weighted by Gasteiger charge is 2.50. The molecule has 2 N–H and O–H groups in total. The lowest BCUT2D eigenvalue weighted by atomic mass is 9.64. The lowest BCUT2D eigenvalue weighted by molar-refractivity contribution is -0.0733. The molecule has 82 valence electrons. The van der Waals surface area contributed by atoms with E-state index in [1.807, 2.05) is 0 Å². The average molecular weight is 197 g/mol. The second-order valence-corrected chi connectivity index (χ2v) is 5.68. The van der Waals surface area contributed by atoms with Gasteiger partial charge in [0, 0.05) is 17.5 Å². The fourth-order valence-electron chi connectivity index (χ4n) is 2.59. The first kappa shape index (κ1) is 10.4. The normalized spacial score (nSPS) is 44.6. The molecular formula is C12H23NO. The molecule has 0 aromatic carbocycles. The SMILES string of the molecule is CCCC1CC1NC1CC(O)C1(C)C. The standard InChI is InChI=1S/C12H23NO/c1-4-5-8-6-9(8)13-10-7-11(14)12(10,2)3/h8-11,13-14H,4-7H2,1-3H3. The van der Waals surface area contributed by atoms with Gasteiger partial charge in [0.2, 0.25) is 0 Å². The van der Waals surface area contributed by atoms with Gasteiger partial charge in [0.1, 0.15) is 0 Å². The van der Waals surface area contributed by atoms with Crippen LogP contribution < -0.4 is 5.32 Å². The summed E-state index contributed by atoms with van der Waals surface area (Å²) in [6.45, 7) is 6.58. The Balaban J connectivity index is 1.73. The van der Waals surface area contributed by atoms with Gasteiger partial charge in [0.25, 0.3) is 0 Å². The molecule has 2 aliphatic rings. The Morgan fingerprint density at radius 2 is 2.07 bits per heavy atom. The van der Waals surface area contributed by atoms with Crippen LogP contribution in [0.1, 0.15) is 46.5 Å². The molecule has 2 fully saturated rings. The molecule has 0 amide bonds. The van der Waals surface area contributed by atoms with E-state index in [2.05, 4.69) is 26.1 Å². The van der Waals surface area contributed by atoms with E-state index >= 15 is 0 Å². The van der Waals surface area contributed by atoms with Crippen LogP contribution in [0.2, 0.25) is 0 Å². The first-order valence-electron chi connectivity index (χ1n) is 5.99. The van der Waals surface area contributed by atoms with Crippen LogP contribution in [0.4, 0.5) is 0 Å². The van der Waals surface area contributed by atoms with Crippen molar-refractivity contribution in [3.8, 4) is 0 Å². The van der Waals surface area contributed by atoms with Gasteiger partial charge < -0.3 is 10.4 Å². The molecule has 0 aliphatic heterocycles. The fourth-order valence-corrected chi connectivity index (χ4v) is 2.59. The lowest BCUT2D eigenvalue weighted by Crippen LogP contribution is -2.60. The molecular weight excluding hydrogens is 174 g/mol. The van der Waals surface area contributed by atoms with Crippen LogP contribution in [-0.4, -0.2) is 23.3 Å². The fraction of sp³-hybridized carbons (Fsp3) is 1.00. The largest absolute Gasteiger partial charge is 0.392 e. The van der Waals surface area contributed by atoms with Crippen LogP contribution in [0.15, 0.2) is 0 Å². The first-order chi connectivity index (χ1) is 6.55. The number of nitrogens with one attached hydrogen (secondary N) is 1. The molecule has 2 nitrogen and oxygen atoms in total. The molecule has 0 heterocycles. The van der Waals surface area contributed by atoms with E-state index in [0.717, 1.165) is 18.4 Å². The van der Waals surface area contributed by atoms with Crippen LogP contribution in [0, 0.1) is 11.3 Å². The highest BCUT2D eigenvalue weighted by atomic mass is 16.3. The summed E-state index contributed by atoms with van der Waals surface area (Å²) in [5.74, 6) is 0.925. The summed E-state index contributed by atoms with van der Waals surface area (Å²) in [6, 6.07) is 1.30. The van der Waals surface area contributed by atoms with Crippen molar-refractivity contribution in [1.82, 2.24) is 5.32 Å². The summed E-state index contributed by atoms with van der Waals surface area (Å²) >= 11 is 0. The predicted octanol–water partition coefficient (Wildman–Crippen LogP) is 1.92. The van der Waals surface area contributed by atoms with Gasteiger partial charge in [-0.2, -0.15) is 0 Å². The summed E-state index contributed by atoms with van der Waals surface area (Å²) in [5, 5.41) is 13.3. The maximum Gasteiger partial charge on any atom is 0.0621 e. The van der Waals surface area contributed by atoms with Crippen molar-refractivity contribution in [3.63, 3.8) is 0 Å². The topological polar surface area (TPSA) is 32.3 Å². The van der Waals surface area contributed by atoms with Gasteiger partial charge in [0.05, 0.1) is 6.10 Å². The molecule has 0 aromatic rings. The third kappa shape index (κ3) is 1.70. The van der Waals surface area contributed by atoms with Gasteiger partial charge in [-0.25, -0.2) is 0 Å². The zero-order valence-electron chi connectivity index (χ0n) is 9.59. The van der Waals surface area contributed by atoms with Crippen LogP contribution in [0.3, 0.4) is 0 Å². The summed E-state index contributed by atoms with van der Waals surface area (Å²) in [7, 11) is 0. The second-order valence-electron chi connectivity index (χ2n) is 5.68. The van der Waals surface area contributed by atoms with Gasteiger partial charge in [-0.05, 0) is 25.2 Å². The van der Waals surface area contributed by atoms with Gasteiger partial charge in [-0.15, -0.1) is 0 Å². The van der Waals surface area contributed by atoms with Gasteiger partial charge >= 0.3 is 0 Å². The van der Waals surface area contributed by atoms with Crippen LogP contribution in [-0.2, 0) is 0 Å². The summed E-state index contributed by atoms with van der Waals surface area (Å²) in [4.78, 5) is 0. The smallest absolute Gasteiger partial charge is 0.0621 e. The minimum atomic E-state index is -0.0941. The molecule has 4 atom stereocenters. The van der Waals surface area contributed by atoms with E-state index in [0.29, 0.717) is 6.04 Å². The van der Waals surface area contributed by atoms with E-state index in [1.54, 1.807) is 0 Å². The molecule has 4 unspecified atom stereocenters. The Morgan fingerprint density at radius 1 is 1.36 bits per heavy atom. The third-order valence-electron chi connectivity index (χ3n) is 4.21. The summed E-state index contributed by atoms with van der Waals surface area (Å²) in [6.07, 6.45) is 4.88. The minimum Gasteiger partial charge on any atom is -0.392 e. The van der Waals surface area contributed by atoms with Crippen molar-refractivity contribution >= 4 is 0 Å². The highest BCUT2D eigenvalue weighted by molar-refractivity contribution is 5.06. The monoisotopic (exact) mass is 197 g/mol. The Hall–Kier alpha value is -0.0800. The number of aliphatic hydroxyl groups is 1. The van der Waals surface area contributed by atoms with Crippen molar-refractivity contribution in [2.45, 2.75) is 64.6 Å². The van der Waals surface area contributed by atoms with Crippen LogP contribution >= 0.6 is 0 Å². The lowest BCUT2D eigenvalue weighted by Gasteiger charge is -2.50. The van der Waals surface area contributed by atoms with Crippen LogP contribution in [0.5, 0.6) is 0 Å². The molecule has 14 heavy (non-hydrogen) atoms. The number of aliphatic hydroxyl groups excluding tert-OH is 1. The van der Waals surface area contributed by atoms with E-state index in [1.165, 1.54) is 19.3 Å². The minimum absolute atomic E-state index is 0.0941. The van der Waals surface area contributed by atoms with Crippen molar-refractivity contribution < 1.29 is 5.11 Å². The maximum absolute atomic E-state index is 9.61. The zero-order valence-corrected chi connectivity index (χ0v) is 9.59. The van der Waals surface area contributed by atoms with Gasteiger partial charge in [0.15, 0.2) is 0 Å². The Kier molecular flexibility index (Phi) is 2.61. The van der Waals surface area contributed by atoms with Gasteiger partial charge in [-0.1, -0.05) is 27.2 Å². The molecule has 0 radical (unpaired) electrons. The summed E-state index contributed by atoms with van der Waals surface area (Å²) in [5.41, 5.74) is 0.0966. The maximum atomic E-state index is 9.61. The Bertz CT molecular complexity index is 214. The van der Waals surface area contributed by atoms with Crippen molar-refractivity contribution in [2.75, 3.05) is 0 Å². The Labute approximate surface area is 87.1 Å². The molecule has 0 saturated heterocycles. The van der Waals surface area contributed by atoms with Crippen molar-refractivity contribution in [3.05, 3.63) is 0 Å². The van der Waals surface area contributed by atoms with E-state index < -0.39 is 0 Å². The molecule has 0 aromatic heterocycles. The molecule has 0 spiro atoms. The number of hydrogen-bond acceptors (Lipinski definition) is 2. The highest BCUT2D eigenvalue weighted by Crippen LogP contribution is 2.44. The van der Waals surface area contributed by atoms with E-state index in [9.17, 15) is 5.11 Å². The van der Waals surface area contributed by atoms with E-state index in [-0.39, 0.29) is 11.5 Å². The van der Waals surface area contributed by atoms with Gasteiger partial charge in [-0.3, -0.25) is 0 Å². The summed E-state index contributed by atoms with van der Waals surface area (Å²) < 4.78 is 0. The Morgan fingerprint density at radius 3 is 2.57 bits per heavy atom. The van der Waals surface area contributed by atoms with E-state index in [4.69, 9.17) is 0 Å². The third-order valence-corrected chi connectivity index (χ3v) is 4.21. The molecule has 2 rings (SSSR count).